The number of rotatable bonds is 12. The predicted molar refractivity (Wildman–Crippen MR) is 144 cm³/mol. The topological polar surface area (TPSA) is 75.6 Å². The molecule has 4 aromatic carbocycles. The smallest absolute Gasteiger partial charge is 0.153 e. The lowest BCUT2D eigenvalue weighted by Gasteiger charge is -2.25. The second-order valence-corrected chi connectivity index (χ2v) is 9.14. The lowest BCUT2D eigenvalue weighted by Crippen LogP contribution is -2.69. The van der Waals surface area contributed by atoms with E-state index in [0.717, 1.165) is 34.4 Å². The van der Waals surface area contributed by atoms with Crippen molar-refractivity contribution in [1.29, 1.82) is 0 Å². The van der Waals surface area contributed by atoms with E-state index in [2.05, 4.69) is 40.5 Å². The zero-order valence-electron chi connectivity index (χ0n) is 20.6. The van der Waals surface area contributed by atoms with Crippen LogP contribution in [0.15, 0.2) is 97.1 Å². The number of para-hydroxylation sites is 2. The van der Waals surface area contributed by atoms with Gasteiger partial charge in [0.05, 0.1) is 16.7 Å². The van der Waals surface area contributed by atoms with Crippen molar-refractivity contribution in [3.63, 3.8) is 0 Å². The van der Waals surface area contributed by atoms with E-state index in [-0.39, 0.29) is 6.61 Å². The normalized spacial score (nSPS) is 12.6. The van der Waals surface area contributed by atoms with E-state index in [4.69, 9.17) is 9.47 Å². The third-order valence-corrected chi connectivity index (χ3v) is 6.46. The van der Waals surface area contributed by atoms with Gasteiger partial charge in [-0.25, -0.2) is 0 Å². The number of aliphatic hydroxyl groups excluding tert-OH is 1. The summed E-state index contributed by atoms with van der Waals surface area (Å²) in [4.78, 5) is 13.4. The Kier molecular flexibility index (Phi) is 7.91. The Labute approximate surface area is 217 Å². The van der Waals surface area contributed by atoms with Gasteiger partial charge >= 0.3 is 0 Å². The molecule has 37 heavy (non-hydrogen) atoms. The minimum atomic E-state index is -0.692. The highest BCUT2D eigenvalue weighted by Crippen LogP contribution is 2.41. The molecule has 0 aliphatic carbocycles. The second kappa shape index (κ2) is 11.8. The quantitative estimate of drug-likeness (QED) is 0.199. The molecule has 0 saturated heterocycles. The van der Waals surface area contributed by atoms with Crippen molar-refractivity contribution in [2.24, 2.45) is 0 Å². The van der Waals surface area contributed by atoms with Crippen molar-refractivity contribution in [3.05, 3.63) is 108 Å². The van der Waals surface area contributed by atoms with Crippen LogP contribution in [0.5, 0.6) is 11.5 Å². The number of ether oxygens (including phenoxy) is 2. The Hall–Kier alpha value is -3.97. The number of carbonyl (C=O) groups is 1. The molecule has 0 radical (unpaired) electrons. The molecule has 3 N–H and O–H groups in total. The lowest BCUT2D eigenvalue weighted by atomic mass is 10.1. The van der Waals surface area contributed by atoms with Crippen molar-refractivity contribution in [3.8, 4) is 22.6 Å². The van der Waals surface area contributed by atoms with Crippen molar-refractivity contribution in [2.45, 2.75) is 12.6 Å². The average molecular weight is 496 g/mol. The molecule has 1 aliphatic rings. The van der Waals surface area contributed by atoms with E-state index >= 15 is 0 Å². The van der Waals surface area contributed by atoms with Gasteiger partial charge in [-0.2, -0.15) is 0 Å². The number of carbonyl (C=O) groups excluding carboxylic acids is 1. The van der Waals surface area contributed by atoms with Gasteiger partial charge in [0.15, 0.2) is 6.29 Å². The molecule has 0 spiro atoms. The fourth-order valence-corrected chi connectivity index (χ4v) is 4.70. The van der Waals surface area contributed by atoms with Crippen molar-refractivity contribution in [1.82, 2.24) is 4.90 Å². The molecular weight excluding hydrogens is 464 g/mol. The van der Waals surface area contributed by atoms with E-state index in [1.54, 1.807) is 12.1 Å². The van der Waals surface area contributed by atoms with Gasteiger partial charge in [-0.1, -0.05) is 60.7 Å². The first-order chi connectivity index (χ1) is 18.2. The van der Waals surface area contributed by atoms with Crippen LogP contribution in [0.3, 0.4) is 0 Å². The van der Waals surface area contributed by atoms with Gasteiger partial charge in [0, 0.05) is 31.8 Å². The molecule has 1 heterocycles. The molecule has 1 atom stereocenters. The van der Waals surface area contributed by atoms with Gasteiger partial charge in [-0.15, -0.1) is 0 Å². The predicted octanol–water partition coefficient (Wildman–Crippen LogP) is 4.33. The average Bonchev–Trinajstić information content (AvgIpc) is 3.32. The van der Waals surface area contributed by atoms with Crippen LogP contribution in [0.25, 0.3) is 11.1 Å². The van der Waals surface area contributed by atoms with Gasteiger partial charge in [-0.05, 0) is 29.8 Å². The molecule has 6 nitrogen and oxygen atoms in total. The Bertz CT molecular complexity index is 1340. The first kappa shape index (κ1) is 24.7. The summed E-state index contributed by atoms with van der Waals surface area (Å²) in [5, 5.41) is 13.1. The maximum absolute atomic E-state index is 11.3. The summed E-state index contributed by atoms with van der Waals surface area (Å²) in [6, 6.07) is 31.6. The van der Waals surface area contributed by atoms with Gasteiger partial charge in [0.1, 0.15) is 42.2 Å². The largest absolute Gasteiger partial charge is 0.492 e. The summed E-state index contributed by atoms with van der Waals surface area (Å²) in [7, 11) is 0. The SMILES string of the molecule is O=Cc1ccccc1OCCN(Cc1ccccc1)CC(O)COc1cccc2c1-c1ccccc1[NH2+]2. The molecule has 1 aliphatic heterocycles. The zero-order chi connectivity index (χ0) is 25.5. The van der Waals surface area contributed by atoms with E-state index < -0.39 is 6.10 Å². The van der Waals surface area contributed by atoms with Crippen LogP contribution in [0.4, 0.5) is 11.4 Å². The number of aliphatic hydroxyl groups is 1. The molecule has 0 aromatic heterocycles. The van der Waals surface area contributed by atoms with Crippen LogP contribution >= 0.6 is 0 Å². The summed E-state index contributed by atoms with van der Waals surface area (Å²) < 4.78 is 12.1. The molecule has 188 valence electrons. The highest BCUT2D eigenvalue weighted by molar-refractivity contribution is 5.88. The molecule has 4 aromatic rings. The number of aldehydes is 1. The minimum Gasteiger partial charge on any atom is -0.492 e. The zero-order valence-corrected chi connectivity index (χ0v) is 20.6. The molecule has 1 unspecified atom stereocenters. The van der Waals surface area contributed by atoms with Crippen molar-refractivity contribution >= 4 is 17.7 Å². The highest BCUT2D eigenvalue weighted by Gasteiger charge is 2.26. The standard InChI is InChI=1S/C31H30N2O4/c34-21-24-11-4-7-15-29(24)36-18-17-33(19-23-9-2-1-3-10-23)20-25(35)22-37-30-16-8-14-28-31(30)26-12-5-6-13-27(26)32-28/h1-16,21,25,32,35H,17-20,22H2/p+1. The third-order valence-electron chi connectivity index (χ3n) is 6.46. The van der Waals surface area contributed by atoms with Crippen molar-refractivity contribution < 1.29 is 24.7 Å². The summed E-state index contributed by atoms with van der Waals surface area (Å²) >= 11 is 0. The van der Waals surface area contributed by atoms with Crippen LogP contribution in [-0.4, -0.2) is 48.7 Å². The molecule has 6 heteroatoms. The summed E-state index contributed by atoms with van der Waals surface area (Å²) in [6.45, 7) is 2.25. The molecule has 0 amide bonds. The fourth-order valence-electron chi connectivity index (χ4n) is 4.70. The number of fused-ring (bicyclic) bond motifs is 3. The number of hydrogen-bond donors (Lipinski definition) is 2. The van der Waals surface area contributed by atoms with E-state index in [1.807, 2.05) is 54.6 Å². The second-order valence-electron chi connectivity index (χ2n) is 9.14. The van der Waals surface area contributed by atoms with Gasteiger partial charge in [0.2, 0.25) is 0 Å². The summed E-state index contributed by atoms with van der Waals surface area (Å²) in [6.07, 6.45) is 0.108. The number of hydrogen-bond acceptors (Lipinski definition) is 5. The molecule has 0 bridgehead atoms. The number of nitrogens with zero attached hydrogens (tertiary/aromatic N) is 1. The van der Waals surface area contributed by atoms with E-state index in [1.165, 1.54) is 5.69 Å². The summed E-state index contributed by atoms with van der Waals surface area (Å²) in [5.74, 6) is 1.34. The summed E-state index contributed by atoms with van der Waals surface area (Å²) in [5.41, 5.74) is 6.22. The maximum atomic E-state index is 11.3. The van der Waals surface area contributed by atoms with Crippen LogP contribution in [0.1, 0.15) is 15.9 Å². The Morgan fingerprint density at radius 1 is 0.811 bits per heavy atom. The Morgan fingerprint density at radius 2 is 1.54 bits per heavy atom. The Morgan fingerprint density at radius 3 is 2.41 bits per heavy atom. The van der Waals surface area contributed by atoms with Gasteiger partial charge in [0.25, 0.3) is 0 Å². The third kappa shape index (κ3) is 6.06. The number of benzene rings is 4. The van der Waals surface area contributed by atoms with Gasteiger partial charge in [-0.3, -0.25) is 15.0 Å². The number of nitrogens with two attached hydrogens (primary N) is 1. The fraction of sp³-hybridized carbons (Fsp3) is 0.194. The molecule has 0 saturated carbocycles. The van der Waals surface area contributed by atoms with Crippen LogP contribution in [0, 0.1) is 0 Å². The first-order valence-electron chi connectivity index (χ1n) is 12.5. The van der Waals surface area contributed by atoms with Crippen LogP contribution in [-0.2, 0) is 6.54 Å². The van der Waals surface area contributed by atoms with Crippen LogP contribution < -0.4 is 14.8 Å². The number of quaternary nitrogens is 1. The maximum Gasteiger partial charge on any atom is 0.153 e. The molecular formula is C31H31N2O4+. The van der Waals surface area contributed by atoms with Crippen LogP contribution in [0.2, 0.25) is 0 Å². The lowest BCUT2D eigenvalue weighted by molar-refractivity contribution is -0.473. The first-order valence-corrected chi connectivity index (χ1v) is 12.5. The van der Waals surface area contributed by atoms with Crippen molar-refractivity contribution in [2.75, 3.05) is 26.3 Å². The van der Waals surface area contributed by atoms with Gasteiger partial charge < -0.3 is 14.6 Å². The van der Waals surface area contributed by atoms with E-state index in [0.29, 0.717) is 37.6 Å². The Balaban J connectivity index is 1.22. The monoisotopic (exact) mass is 495 g/mol. The van der Waals surface area contributed by atoms with E-state index in [9.17, 15) is 9.90 Å². The molecule has 5 rings (SSSR count). The highest BCUT2D eigenvalue weighted by atomic mass is 16.5. The minimum absolute atomic E-state index is 0.179. The molecule has 0 fully saturated rings.